The van der Waals surface area contributed by atoms with Gasteiger partial charge in [-0.05, 0) is 55.5 Å². The minimum absolute atomic E-state index is 0.0236. The van der Waals surface area contributed by atoms with Crippen LogP contribution in [0.4, 0.5) is 5.69 Å². The average Bonchev–Trinajstić information content (AvgIpc) is 3.24. The van der Waals surface area contributed by atoms with E-state index in [1.807, 2.05) is 49.4 Å². The number of benzene rings is 3. The van der Waals surface area contributed by atoms with Gasteiger partial charge < -0.3 is 15.0 Å². The normalized spacial score (nSPS) is 11.8. The fraction of sp³-hybridized carbons (Fsp3) is 0.125. The molecule has 0 aliphatic heterocycles. The molecule has 0 aliphatic carbocycles. The third kappa shape index (κ3) is 5.32. The molecule has 1 amide bonds. The molecule has 2 N–H and O–H groups in total. The van der Waals surface area contributed by atoms with Gasteiger partial charge in [0, 0.05) is 11.3 Å². The van der Waals surface area contributed by atoms with Crippen molar-refractivity contribution in [3.8, 4) is 5.75 Å². The highest BCUT2D eigenvalue weighted by Gasteiger charge is 2.14. The summed E-state index contributed by atoms with van der Waals surface area (Å²) in [6, 6.07) is 23.5. The number of anilines is 1. The van der Waals surface area contributed by atoms with E-state index >= 15 is 0 Å². The summed E-state index contributed by atoms with van der Waals surface area (Å²) in [5.41, 5.74) is 3.09. The molecule has 0 fully saturated rings. The van der Waals surface area contributed by atoms with Crippen LogP contribution < -0.4 is 10.1 Å². The lowest BCUT2D eigenvalue weighted by molar-refractivity contribution is -0.131. The molecule has 7 heteroatoms. The topological polar surface area (TPSA) is 84.1 Å². The van der Waals surface area contributed by atoms with E-state index in [9.17, 15) is 9.59 Å². The smallest absolute Gasteiger partial charge is 0.321 e. The van der Waals surface area contributed by atoms with Gasteiger partial charge in [-0.15, -0.1) is 11.8 Å². The Morgan fingerprint density at radius 2 is 1.71 bits per heavy atom. The fourth-order valence-corrected chi connectivity index (χ4v) is 3.71. The van der Waals surface area contributed by atoms with Crippen LogP contribution in [0.5, 0.6) is 5.75 Å². The molecule has 3 aromatic carbocycles. The van der Waals surface area contributed by atoms with E-state index in [4.69, 9.17) is 4.74 Å². The predicted molar refractivity (Wildman–Crippen MR) is 123 cm³/mol. The van der Waals surface area contributed by atoms with Gasteiger partial charge in [0.15, 0.2) is 0 Å². The molecule has 6 nitrogen and oxygen atoms in total. The number of nitrogens with zero attached hydrogens (tertiary/aromatic N) is 1. The van der Waals surface area contributed by atoms with Gasteiger partial charge in [-0.2, -0.15) is 0 Å². The number of hydrogen-bond acceptors (Lipinski definition) is 5. The third-order valence-electron chi connectivity index (χ3n) is 4.62. The number of nitrogens with one attached hydrogen (secondary N) is 2. The lowest BCUT2D eigenvalue weighted by Gasteiger charge is -2.09. The quantitative estimate of drug-likeness (QED) is 0.310. The number of amides is 1. The molecule has 156 valence electrons. The van der Waals surface area contributed by atoms with Gasteiger partial charge in [0.05, 0.1) is 22.0 Å². The third-order valence-corrected chi connectivity index (χ3v) is 5.75. The van der Waals surface area contributed by atoms with Gasteiger partial charge in [0.1, 0.15) is 11.6 Å². The minimum Gasteiger partial charge on any atom is -0.426 e. The number of thioether (sulfide) groups is 1. The number of carbonyl (C=O) groups excluding carboxylic acids is 2. The molecule has 1 atom stereocenters. The first-order chi connectivity index (χ1) is 15.1. The number of aromatic nitrogens is 2. The highest BCUT2D eigenvalue weighted by molar-refractivity contribution is 8.00. The monoisotopic (exact) mass is 431 g/mol. The summed E-state index contributed by atoms with van der Waals surface area (Å²) in [4.78, 5) is 32.3. The summed E-state index contributed by atoms with van der Waals surface area (Å²) in [5, 5.41) is 2.84. The van der Waals surface area contributed by atoms with Crippen molar-refractivity contribution in [2.75, 3.05) is 11.1 Å². The minimum atomic E-state index is -0.339. The second kappa shape index (κ2) is 9.49. The maximum Gasteiger partial charge on any atom is 0.321 e. The van der Waals surface area contributed by atoms with Crippen molar-refractivity contribution in [3.05, 3.63) is 90.3 Å². The van der Waals surface area contributed by atoms with Crippen molar-refractivity contribution in [1.82, 2.24) is 9.97 Å². The molecule has 4 aromatic rings. The molecule has 1 unspecified atom stereocenters. The molecule has 1 aromatic heterocycles. The Morgan fingerprint density at radius 1 is 1.00 bits per heavy atom. The molecule has 0 saturated carbocycles. The van der Waals surface area contributed by atoms with Crippen LogP contribution in [0.25, 0.3) is 11.0 Å². The van der Waals surface area contributed by atoms with Crippen molar-refractivity contribution in [1.29, 1.82) is 0 Å². The van der Waals surface area contributed by atoms with Gasteiger partial charge in [0.2, 0.25) is 0 Å². The van der Waals surface area contributed by atoms with Crippen LogP contribution in [0.15, 0.2) is 78.9 Å². The molecular weight excluding hydrogens is 410 g/mol. The largest absolute Gasteiger partial charge is 0.426 e. The lowest BCUT2D eigenvalue weighted by atomic mass is 10.2. The zero-order valence-corrected chi connectivity index (χ0v) is 17.7. The number of rotatable bonds is 7. The van der Waals surface area contributed by atoms with Crippen molar-refractivity contribution in [2.24, 2.45) is 0 Å². The molecule has 0 radical (unpaired) electrons. The van der Waals surface area contributed by atoms with Gasteiger partial charge >= 0.3 is 5.97 Å². The summed E-state index contributed by atoms with van der Waals surface area (Å²) in [5.74, 6) is 0.928. The number of ether oxygens (including phenoxy) is 1. The summed E-state index contributed by atoms with van der Waals surface area (Å²) < 4.78 is 5.40. The SMILES string of the molecule is CC(SCC(=O)Oc1ccc(NC(=O)c2ccccc2)cc1)c1nc2ccccc2[nH]1. The zero-order chi connectivity index (χ0) is 21.6. The highest BCUT2D eigenvalue weighted by atomic mass is 32.2. The Balaban J connectivity index is 1.28. The highest BCUT2D eigenvalue weighted by Crippen LogP contribution is 2.28. The standard InChI is InChI=1S/C24H21N3O3S/c1-16(23-26-20-9-5-6-10-21(20)27-23)31-15-22(28)30-19-13-11-18(12-14-19)25-24(29)17-7-3-2-4-8-17/h2-14,16H,15H2,1H3,(H,25,29)(H,26,27). The van der Waals surface area contributed by atoms with E-state index in [0.717, 1.165) is 16.9 Å². The van der Waals surface area contributed by atoms with Crippen LogP contribution in [0.2, 0.25) is 0 Å². The Kier molecular flexibility index (Phi) is 6.33. The van der Waals surface area contributed by atoms with E-state index in [-0.39, 0.29) is 22.9 Å². The Morgan fingerprint density at radius 3 is 2.45 bits per heavy atom. The molecule has 4 rings (SSSR count). The maximum absolute atomic E-state index is 12.2. The van der Waals surface area contributed by atoms with Crippen LogP contribution in [-0.4, -0.2) is 27.6 Å². The molecule has 0 spiro atoms. The summed E-state index contributed by atoms with van der Waals surface area (Å²) >= 11 is 1.46. The van der Waals surface area contributed by atoms with E-state index < -0.39 is 0 Å². The van der Waals surface area contributed by atoms with Gasteiger partial charge in [0.25, 0.3) is 5.91 Å². The zero-order valence-electron chi connectivity index (χ0n) is 16.9. The molecule has 0 saturated heterocycles. The summed E-state index contributed by atoms with van der Waals surface area (Å²) in [7, 11) is 0. The van der Waals surface area contributed by atoms with Crippen LogP contribution >= 0.6 is 11.8 Å². The molecular formula is C24H21N3O3S. The van der Waals surface area contributed by atoms with E-state index in [1.54, 1.807) is 36.4 Å². The number of hydrogen-bond donors (Lipinski definition) is 2. The molecule has 31 heavy (non-hydrogen) atoms. The molecule has 0 bridgehead atoms. The first kappa shape index (κ1) is 20.7. The summed E-state index contributed by atoms with van der Waals surface area (Å²) in [6.07, 6.45) is 0. The van der Waals surface area contributed by atoms with E-state index in [0.29, 0.717) is 17.0 Å². The van der Waals surface area contributed by atoms with Crippen molar-refractivity contribution < 1.29 is 14.3 Å². The maximum atomic E-state index is 12.2. The Labute approximate surface area is 184 Å². The van der Waals surface area contributed by atoms with E-state index in [2.05, 4.69) is 15.3 Å². The first-order valence-electron chi connectivity index (χ1n) is 9.82. The number of fused-ring (bicyclic) bond motifs is 1. The fourth-order valence-electron chi connectivity index (χ4n) is 3.00. The lowest BCUT2D eigenvalue weighted by Crippen LogP contribution is -2.13. The van der Waals surface area contributed by atoms with Crippen LogP contribution in [0.3, 0.4) is 0 Å². The summed E-state index contributed by atoms with van der Waals surface area (Å²) in [6.45, 7) is 2.00. The predicted octanol–water partition coefficient (Wildman–Crippen LogP) is 5.22. The second-order valence-electron chi connectivity index (χ2n) is 6.91. The number of carbonyl (C=O) groups is 2. The van der Waals surface area contributed by atoms with Crippen LogP contribution in [0.1, 0.15) is 28.4 Å². The van der Waals surface area contributed by atoms with E-state index in [1.165, 1.54) is 11.8 Å². The Hall–Kier alpha value is -3.58. The van der Waals surface area contributed by atoms with Gasteiger partial charge in [-0.25, -0.2) is 4.98 Å². The van der Waals surface area contributed by atoms with Crippen molar-refractivity contribution in [3.63, 3.8) is 0 Å². The number of esters is 1. The number of para-hydroxylation sites is 2. The van der Waals surface area contributed by atoms with Gasteiger partial charge in [-0.3, -0.25) is 9.59 Å². The first-order valence-corrected chi connectivity index (χ1v) is 10.9. The molecule has 1 heterocycles. The Bertz CT molecular complexity index is 1160. The van der Waals surface area contributed by atoms with Crippen molar-refractivity contribution in [2.45, 2.75) is 12.2 Å². The average molecular weight is 432 g/mol. The number of aromatic amines is 1. The van der Waals surface area contributed by atoms with Crippen molar-refractivity contribution >= 4 is 40.4 Å². The van der Waals surface area contributed by atoms with Gasteiger partial charge in [-0.1, -0.05) is 30.3 Å². The second-order valence-corrected chi connectivity index (χ2v) is 8.24. The number of H-pyrrole nitrogens is 1. The number of imidazole rings is 1. The van der Waals surface area contributed by atoms with Crippen LogP contribution in [-0.2, 0) is 4.79 Å². The molecule has 0 aliphatic rings. The van der Waals surface area contributed by atoms with Crippen LogP contribution in [0, 0.1) is 0 Å².